The van der Waals surface area contributed by atoms with Gasteiger partial charge in [0, 0.05) is 18.3 Å². The van der Waals surface area contributed by atoms with E-state index >= 15 is 0 Å². The number of oxazole rings is 1. The topological polar surface area (TPSA) is 79.5 Å². The summed E-state index contributed by atoms with van der Waals surface area (Å²) >= 11 is 0. The fourth-order valence-electron chi connectivity index (χ4n) is 2.16. The molecule has 4 rings (SSSR count). The Morgan fingerprint density at radius 3 is 2.28 bits per heavy atom. The predicted molar refractivity (Wildman–Crippen MR) is 101 cm³/mol. The summed E-state index contributed by atoms with van der Waals surface area (Å²) in [5.41, 5.74) is 0.763. The average Bonchev–Trinajstić information content (AvgIpc) is 3.30. The number of nitrogens with zero attached hydrogens (tertiary/aromatic N) is 3. The second-order valence-electron chi connectivity index (χ2n) is 5.24. The molecule has 0 saturated heterocycles. The van der Waals surface area contributed by atoms with Crippen LogP contribution in [0, 0.1) is 43.5 Å². The van der Waals surface area contributed by atoms with Gasteiger partial charge in [0.25, 0.3) is 0 Å². The zero-order valence-corrected chi connectivity index (χ0v) is 20.0. The molecule has 4 aromatic rings. The zero-order valence-electron chi connectivity index (χ0n) is 15.8. The van der Waals surface area contributed by atoms with Crippen molar-refractivity contribution in [3.63, 3.8) is 0 Å². The summed E-state index contributed by atoms with van der Waals surface area (Å²) in [4.78, 5) is 11.2. The number of hydrogen-bond donors (Lipinski definition) is 0. The smallest absolute Gasteiger partial charge is 0.537 e. The van der Waals surface area contributed by atoms with E-state index in [0.29, 0.717) is 23.3 Å². The molecule has 2 aromatic heterocycles. The van der Waals surface area contributed by atoms with E-state index in [-0.39, 0.29) is 31.1 Å². The predicted octanol–water partition coefficient (Wildman–Crippen LogP) is 4.23. The molecule has 7 nitrogen and oxygen atoms in total. The van der Waals surface area contributed by atoms with E-state index in [4.69, 9.17) is 18.6 Å². The fourth-order valence-corrected chi connectivity index (χ4v) is 2.16. The molecule has 0 radical (unpaired) electrons. The van der Waals surface area contributed by atoms with E-state index in [0.717, 1.165) is 11.3 Å². The van der Waals surface area contributed by atoms with Crippen LogP contribution in [0.1, 0.15) is 0 Å². The minimum absolute atomic E-state index is 0. The molecule has 0 aliphatic heterocycles. The van der Waals surface area contributed by atoms with Crippen molar-refractivity contribution in [3.8, 4) is 34.6 Å². The van der Waals surface area contributed by atoms with E-state index in [1.807, 2.05) is 48.5 Å². The summed E-state index contributed by atoms with van der Waals surface area (Å²) < 4.78 is 20.7. The maximum Gasteiger partial charge on any atom is 2.00 e. The molecule has 2 heterocycles. The molecule has 2 aromatic carbocycles. The largest absolute Gasteiger partial charge is 2.00 e. The molecule has 144 valence electrons. The van der Waals surface area contributed by atoms with Crippen LogP contribution in [0.4, 0.5) is 0 Å². The summed E-state index contributed by atoms with van der Waals surface area (Å²) in [6.07, 6.45) is 5.42. The summed E-state index contributed by atoms with van der Waals surface area (Å²) in [5, 5.41) is 0. The van der Waals surface area contributed by atoms with Gasteiger partial charge in [0.2, 0.25) is 0 Å². The third-order valence-corrected chi connectivity index (χ3v) is 3.45. The third-order valence-electron chi connectivity index (χ3n) is 3.45. The van der Waals surface area contributed by atoms with Gasteiger partial charge in [-0.25, -0.2) is 4.98 Å². The van der Waals surface area contributed by atoms with Crippen molar-refractivity contribution in [2.75, 3.05) is 14.2 Å². The van der Waals surface area contributed by atoms with Crippen LogP contribution in [0.25, 0.3) is 11.3 Å². The van der Waals surface area contributed by atoms with Crippen molar-refractivity contribution in [2.45, 2.75) is 0 Å². The average molecular weight is 613 g/mol. The molecule has 0 aliphatic carbocycles. The molecule has 0 atom stereocenters. The Labute approximate surface area is 192 Å². The quantitative estimate of drug-likeness (QED) is 0.312. The Bertz CT molecular complexity index is 963. The van der Waals surface area contributed by atoms with Crippen molar-refractivity contribution in [2.24, 2.45) is 0 Å². The molecule has 0 saturated carbocycles. The third kappa shape index (κ3) is 6.63. The van der Waals surface area contributed by atoms with E-state index in [9.17, 15) is 0 Å². The van der Waals surface area contributed by atoms with Gasteiger partial charge in [-0.15, -0.1) is 24.3 Å². The fraction of sp³-hybridized carbons (Fsp3) is 0.0952. The summed E-state index contributed by atoms with van der Waals surface area (Å²) in [5.74, 6) is 3.01. The minimum atomic E-state index is 0. The normalized spacial score (nSPS) is 9.45. The van der Waals surface area contributed by atoms with Crippen molar-refractivity contribution < 1.29 is 49.7 Å². The number of rotatable bonds is 5. The van der Waals surface area contributed by atoms with E-state index in [1.54, 1.807) is 12.3 Å². The van der Waals surface area contributed by atoms with Gasteiger partial charge in [-0.2, -0.15) is 0 Å². The number of benzene rings is 2. The Balaban J connectivity index is 0.000000234. The van der Waals surface area contributed by atoms with Gasteiger partial charge in [0.05, 0.1) is 20.0 Å². The summed E-state index contributed by atoms with van der Waals surface area (Å²) in [6.45, 7) is 0. The monoisotopic (exact) mass is 613 g/mol. The van der Waals surface area contributed by atoms with Crippen LogP contribution in [0.3, 0.4) is 0 Å². The molecule has 0 N–H and O–H groups in total. The first kappa shape index (κ1) is 22.5. The Kier molecular flexibility index (Phi) is 9.22. The van der Waals surface area contributed by atoms with Crippen molar-refractivity contribution >= 4 is 0 Å². The van der Waals surface area contributed by atoms with Crippen LogP contribution in [-0.4, -0.2) is 29.2 Å². The van der Waals surface area contributed by atoms with E-state index in [1.165, 1.54) is 20.6 Å². The molecule has 0 spiro atoms. The zero-order chi connectivity index (χ0) is 19.6. The van der Waals surface area contributed by atoms with Gasteiger partial charge in [0.1, 0.15) is 17.5 Å². The van der Waals surface area contributed by atoms with Crippen LogP contribution in [-0.2, 0) is 0 Å². The second kappa shape index (κ2) is 11.9. The molecule has 0 amide bonds. The molecule has 8 heteroatoms. The molecular weight excluding hydrogens is 596 g/mol. The summed E-state index contributed by atoms with van der Waals surface area (Å²) in [7, 11) is 3.05. The van der Waals surface area contributed by atoms with Crippen LogP contribution >= 0.6 is 0 Å². The van der Waals surface area contributed by atoms with Crippen molar-refractivity contribution in [3.05, 3.63) is 79.6 Å². The standard InChI is InChI=1S/C15H10NO2.C6H7N2O2.U/c1-2-6-12(7-3-1)18-14-9-5-4-8-13(14)15-10-16-11-17-15;1-9-5-3-6(10-2)8-4-7-5;/h1-7,9-11H;3H,1-2H3;/q2*-1;+2. The molecule has 0 aliphatic rings. The Morgan fingerprint density at radius 2 is 1.66 bits per heavy atom. The van der Waals surface area contributed by atoms with Crippen molar-refractivity contribution in [1.82, 2.24) is 15.0 Å². The summed E-state index contributed by atoms with van der Waals surface area (Å²) in [6, 6.07) is 19.8. The van der Waals surface area contributed by atoms with Gasteiger partial charge in [0.15, 0.2) is 6.39 Å². The molecular formula is C21H17N3O4U. The maximum absolute atomic E-state index is 5.81. The first-order valence-electron chi connectivity index (χ1n) is 8.25. The van der Waals surface area contributed by atoms with Crippen LogP contribution in [0.5, 0.6) is 23.3 Å². The minimum Gasteiger partial charge on any atom is -0.537 e. The first-order valence-corrected chi connectivity index (χ1v) is 8.25. The first-order chi connectivity index (χ1) is 13.8. The molecule has 0 bridgehead atoms. The SMILES string of the molecule is COc1cc(OC)n[c-]n1.[U+2].[c-]1cccc(Oc2ccccc2)c1-c1cnco1. The van der Waals surface area contributed by atoms with Gasteiger partial charge in [-0.3, -0.25) is 0 Å². The van der Waals surface area contributed by atoms with Crippen LogP contribution in [0.2, 0.25) is 0 Å². The molecule has 29 heavy (non-hydrogen) atoms. The Hall–Kier alpha value is -2.82. The number of ether oxygens (including phenoxy) is 3. The number of aromatic nitrogens is 3. The maximum atomic E-state index is 5.81. The van der Waals surface area contributed by atoms with Crippen LogP contribution < -0.4 is 14.2 Å². The molecule has 0 unspecified atom stereocenters. The van der Waals surface area contributed by atoms with Gasteiger partial charge in [-0.1, -0.05) is 29.8 Å². The van der Waals surface area contributed by atoms with E-state index in [2.05, 4.69) is 27.3 Å². The van der Waals surface area contributed by atoms with Crippen molar-refractivity contribution in [1.29, 1.82) is 0 Å². The van der Waals surface area contributed by atoms with Gasteiger partial charge in [-0.05, 0) is 12.1 Å². The van der Waals surface area contributed by atoms with Gasteiger partial charge < -0.3 is 28.6 Å². The number of hydrogen-bond acceptors (Lipinski definition) is 7. The molecule has 0 fully saturated rings. The number of methoxy groups -OCH3 is 2. The number of para-hydroxylation sites is 1. The van der Waals surface area contributed by atoms with Gasteiger partial charge >= 0.3 is 31.1 Å². The second-order valence-corrected chi connectivity index (χ2v) is 5.24. The van der Waals surface area contributed by atoms with Crippen LogP contribution in [0.15, 0.2) is 71.6 Å². The van der Waals surface area contributed by atoms with E-state index < -0.39 is 0 Å². The Morgan fingerprint density at radius 1 is 0.931 bits per heavy atom.